The lowest BCUT2D eigenvalue weighted by molar-refractivity contribution is 0.777. The topological polar surface area (TPSA) is 24.1 Å². The smallest absolute Gasteiger partial charge is 0.170 e. The summed E-state index contributed by atoms with van der Waals surface area (Å²) in [6.07, 6.45) is 1.87. The number of para-hydroxylation sites is 1. The molecule has 0 atom stereocenters. The minimum Gasteiger partial charge on any atom is -0.362 e. The Bertz CT molecular complexity index is 617. The molecule has 0 saturated carbocycles. The normalized spacial score (nSPS) is 10.2. The Morgan fingerprint density at radius 1 is 0.952 bits per heavy atom. The van der Waals surface area contributed by atoms with Crippen LogP contribution in [-0.2, 0) is 6.42 Å². The first-order valence-electron chi connectivity index (χ1n) is 6.69. The van der Waals surface area contributed by atoms with Crippen molar-refractivity contribution in [3.63, 3.8) is 0 Å². The highest BCUT2D eigenvalue weighted by atomic mass is 35.5. The standard InChI is InChI=1S/C16H16Cl2N2S/c17-13-8-2-1-6-12(13)7-5-11-19-16(21)20-15-10-4-3-9-14(15)18/h1-4,6,8-10H,5,7,11H2,(H2,19,20,21). The molecule has 0 heterocycles. The van der Waals surface area contributed by atoms with Gasteiger partial charge in [0.05, 0.1) is 10.7 Å². The van der Waals surface area contributed by atoms with Gasteiger partial charge in [-0.2, -0.15) is 0 Å². The van der Waals surface area contributed by atoms with Gasteiger partial charge in [-0.3, -0.25) is 0 Å². The average Bonchev–Trinajstić information content (AvgIpc) is 2.48. The molecular weight excluding hydrogens is 323 g/mol. The zero-order chi connectivity index (χ0) is 15.1. The van der Waals surface area contributed by atoms with E-state index in [2.05, 4.69) is 10.6 Å². The van der Waals surface area contributed by atoms with Gasteiger partial charge in [-0.05, 0) is 48.8 Å². The van der Waals surface area contributed by atoms with Gasteiger partial charge < -0.3 is 10.6 Å². The van der Waals surface area contributed by atoms with Gasteiger partial charge >= 0.3 is 0 Å². The molecule has 0 amide bonds. The van der Waals surface area contributed by atoms with Crippen LogP contribution in [-0.4, -0.2) is 11.7 Å². The predicted molar refractivity (Wildman–Crippen MR) is 95.4 cm³/mol. The Kier molecular flexibility index (Phi) is 6.30. The highest BCUT2D eigenvalue weighted by molar-refractivity contribution is 7.80. The number of hydrogen-bond acceptors (Lipinski definition) is 1. The molecule has 21 heavy (non-hydrogen) atoms. The van der Waals surface area contributed by atoms with Crippen LogP contribution >= 0.6 is 35.4 Å². The molecule has 5 heteroatoms. The van der Waals surface area contributed by atoms with E-state index in [1.807, 2.05) is 48.5 Å². The monoisotopic (exact) mass is 338 g/mol. The fourth-order valence-corrected chi connectivity index (χ4v) is 2.54. The summed E-state index contributed by atoms with van der Waals surface area (Å²) < 4.78 is 0. The molecule has 0 saturated heterocycles. The number of rotatable bonds is 5. The predicted octanol–water partition coefficient (Wildman–Crippen LogP) is 4.91. The fraction of sp³-hybridized carbons (Fsp3) is 0.188. The lowest BCUT2D eigenvalue weighted by atomic mass is 10.1. The maximum atomic E-state index is 6.12. The third-order valence-corrected chi connectivity index (χ3v) is 3.93. The maximum absolute atomic E-state index is 6.12. The van der Waals surface area contributed by atoms with Crippen molar-refractivity contribution < 1.29 is 0 Å². The van der Waals surface area contributed by atoms with Gasteiger partial charge in [0.2, 0.25) is 0 Å². The van der Waals surface area contributed by atoms with Crippen molar-refractivity contribution in [1.82, 2.24) is 5.32 Å². The van der Waals surface area contributed by atoms with Gasteiger partial charge in [0.25, 0.3) is 0 Å². The SMILES string of the molecule is S=C(NCCCc1ccccc1Cl)Nc1ccccc1Cl. The third kappa shape index (κ3) is 5.20. The molecule has 0 aromatic heterocycles. The third-order valence-electron chi connectivity index (χ3n) is 2.99. The van der Waals surface area contributed by atoms with Gasteiger partial charge in [0.15, 0.2) is 5.11 Å². The Labute approximate surface area is 140 Å². The molecule has 2 N–H and O–H groups in total. The number of aryl methyl sites for hydroxylation is 1. The highest BCUT2D eigenvalue weighted by Crippen LogP contribution is 2.20. The Balaban J connectivity index is 1.73. The molecule has 0 bridgehead atoms. The summed E-state index contributed by atoms with van der Waals surface area (Å²) in [6, 6.07) is 15.4. The zero-order valence-electron chi connectivity index (χ0n) is 11.4. The summed E-state index contributed by atoms with van der Waals surface area (Å²) in [5, 5.41) is 8.29. The molecule has 0 fully saturated rings. The first kappa shape index (κ1) is 16.1. The van der Waals surface area contributed by atoms with Crippen LogP contribution in [0.1, 0.15) is 12.0 Å². The lowest BCUT2D eigenvalue weighted by Crippen LogP contribution is -2.29. The summed E-state index contributed by atoms with van der Waals surface area (Å²) in [4.78, 5) is 0. The molecule has 0 unspecified atom stereocenters. The Morgan fingerprint density at radius 3 is 2.33 bits per heavy atom. The van der Waals surface area contributed by atoms with Crippen molar-refractivity contribution in [3.05, 3.63) is 64.1 Å². The number of anilines is 1. The fourth-order valence-electron chi connectivity index (χ4n) is 1.91. The van der Waals surface area contributed by atoms with Crippen molar-refractivity contribution in [2.45, 2.75) is 12.8 Å². The van der Waals surface area contributed by atoms with Crippen molar-refractivity contribution in [2.75, 3.05) is 11.9 Å². The Morgan fingerprint density at radius 2 is 1.62 bits per heavy atom. The number of thiocarbonyl (C=S) groups is 1. The van der Waals surface area contributed by atoms with Crippen LogP contribution in [0.15, 0.2) is 48.5 Å². The van der Waals surface area contributed by atoms with E-state index in [0.29, 0.717) is 10.1 Å². The summed E-state index contributed by atoms with van der Waals surface area (Å²) in [7, 11) is 0. The molecule has 0 aliphatic heterocycles. The molecule has 2 aromatic rings. The molecule has 2 aromatic carbocycles. The molecule has 0 aliphatic rings. The summed E-state index contributed by atoms with van der Waals surface area (Å²) in [5.41, 5.74) is 1.97. The number of halogens is 2. The molecule has 0 spiro atoms. The molecule has 0 aliphatic carbocycles. The second-order valence-corrected chi connectivity index (χ2v) is 5.78. The van der Waals surface area contributed by atoms with E-state index in [1.165, 1.54) is 0 Å². The van der Waals surface area contributed by atoms with E-state index in [1.54, 1.807) is 0 Å². The molecule has 110 valence electrons. The van der Waals surface area contributed by atoms with Gasteiger partial charge in [0, 0.05) is 11.6 Å². The molecule has 2 rings (SSSR count). The van der Waals surface area contributed by atoms with Crippen LogP contribution in [0.5, 0.6) is 0 Å². The van der Waals surface area contributed by atoms with Crippen molar-refractivity contribution in [3.8, 4) is 0 Å². The van der Waals surface area contributed by atoms with E-state index in [-0.39, 0.29) is 0 Å². The largest absolute Gasteiger partial charge is 0.362 e. The Hall–Kier alpha value is -1.29. The van der Waals surface area contributed by atoms with E-state index >= 15 is 0 Å². The summed E-state index contributed by atoms with van der Waals surface area (Å²) in [5.74, 6) is 0. The van der Waals surface area contributed by atoms with Crippen LogP contribution in [0.2, 0.25) is 10.0 Å². The average molecular weight is 339 g/mol. The maximum Gasteiger partial charge on any atom is 0.170 e. The van der Waals surface area contributed by atoms with Crippen LogP contribution in [0, 0.1) is 0 Å². The highest BCUT2D eigenvalue weighted by Gasteiger charge is 2.02. The van der Waals surface area contributed by atoms with E-state index < -0.39 is 0 Å². The van der Waals surface area contributed by atoms with Crippen LogP contribution in [0.4, 0.5) is 5.69 Å². The second-order valence-electron chi connectivity index (χ2n) is 4.56. The first-order chi connectivity index (χ1) is 10.2. The van der Waals surface area contributed by atoms with E-state index in [4.69, 9.17) is 35.4 Å². The van der Waals surface area contributed by atoms with Gasteiger partial charge in [-0.15, -0.1) is 0 Å². The van der Waals surface area contributed by atoms with E-state index in [0.717, 1.165) is 35.7 Å². The van der Waals surface area contributed by atoms with Crippen molar-refractivity contribution >= 4 is 46.2 Å². The lowest BCUT2D eigenvalue weighted by Gasteiger charge is -2.11. The van der Waals surface area contributed by atoms with E-state index in [9.17, 15) is 0 Å². The van der Waals surface area contributed by atoms with Gasteiger partial charge in [-0.1, -0.05) is 53.5 Å². The number of benzene rings is 2. The van der Waals surface area contributed by atoms with Crippen LogP contribution < -0.4 is 10.6 Å². The zero-order valence-corrected chi connectivity index (χ0v) is 13.7. The quantitative estimate of drug-likeness (QED) is 0.598. The number of nitrogens with one attached hydrogen (secondary N) is 2. The minimum absolute atomic E-state index is 0.572. The molecular formula is C16H16Cl2N2S. The minimum atomic E-state index is 0.572. The van der Waals surface area contributed by atoms with Gasteiger partial charge in [-0.25, -0.2) is 0 Å². The van der Waals surface area contributed by atoms with Crippen LogP contribution in [0.25, 0.3) is 0 Å². The molecule has 0 radical (unpaired) electrons. The van der Waals surface area contributed by atoms with Crippen molar-refractivity contribution in [2.24, 2.45) is 0 Å². The molecule has 2 nitrogen and oxygen atoms in total. The van der Waals surface area contributed by atoms with Crippen LogP contribution in [0.3, 0.4) is 0 Å². The first-order valence-corrected chi connectivity index (χ1v) is 7.86. The van der Waals surface area contributed by atoms with Gasteiger partial charge in [0.1, 0.15) is 0 Å². The van der Waals surface area contributed by atoms with Crippen molar-refractivity contribution in [1.29, 1.82) is 0 Å². The number of hydrogen-bond donors (Lipinski definition) is 2. The second kappa shape index (κ2) is 8.23. The summed E-state index contributed by atoms with van der Waals surface area (Å²) >= 11 is 17.4. The summed E-state index contributed by atoms with van der Waals surface area (Å²) in [6.45, 7) is 0.779.